The summed E-state index contributed by atoms with van der Waals surface area (Å²) < 4.78 is 22.1. The molecule has 1 fully saturated rings. The van der Waals surface area contributed by atoms with E-state index in [9.17, 15) is 9.59 Å². The lowest BCUT2D eigenvalue weighted by molar-refractivity contribution is -0.135. The van der Waals surface area contributed by atoms with Crippen molar-refractivity contribution < 1.29 is 28.5 Å². The summed E-state index contributed by atoms with van der Waals surface area (Å²) in [7, 11) is 3.14. The predicted octanol–water partition coefficient (Wildman–Crippen LogP) is 2.84. The minimum atomic E-state index is -0.118. The van der Waals surface area contributed by atoms with Gasteiger partial charge in [0.1, 0.15) is 0 Å². The number of aryl methyl sites for hydroxylation is 2. The van der Waals surface area contributed by atoms with Crippen LogP contribution in [0.3, 0.4) is 0 Å². The molecule has 0 bridgehead atoms. The molecule has 2 aromatic rings. The van der Waals surface area contributed by atoms with Gasteiger partial charge in [-0.05, 0) is 55.7 Å². The van der Waals surface area contributed by atoms with E-state index in [2.05, 4.69) is 0 Å². The fraction of sp³-hybridized carbons (Fsp3) is 0.440. The van der Waals surface area contributed by atoms with Crippen molar-refractivity contribution in [2.24, 2.45) is 0 Å². The number of rotatable bonds is 8. The highest BCUT2D eigenvalue weighted by molar-refractivity contribution is 5.79. The Morgan fingerprint density at radius 2 is 1.12 bits per heavy atom. The lowest BCUT2D eigenvalue weighted by atomic mass is 10.2. The molecule has 8 heteroatoms. The Balaban J connectivity index is 1.49. The first-order valence-corrected chi connectivity index (χ1v) is 11.0. The van der Waals surface area contributed by atoms with Gasteiger partial charge in [-0.25, -0.2) is 0 Å². The summed E-state index contributed by atoms with van der Waals surface area (Å²) >= 11 is 0. The molecule has 1 aliphatic heterocycles. The van der Waals surface area contributed by atoms with Crippen molar-refractivity contribution >= 4 is 11.8 Å². The largest absolute Gasteiger partial charge is 0.493 e. The van der Waals surface area contributed by atoms with Crippen LogP contribution >= 0.6 is 0 Å². The molecule has 2 aromatic carbocycles. The van der Waals surface area contributed by atoms with E-state index >= 15 is 0 Å². The van der Waals surface area contributed by atoms with E-state index in [0.717, 1.165) is 11.1 Å². The van der Waals surface area contributed by atoms with Gasteiger partial charge in [0.2, 0.25) is 0 Å². The summed E-state index contributed by atoms with van der Waals surface area (Å²) in [5.74, 6) is 2.03. The standard InChI is InChI=1S/C25H32N2O6/c1-18-6-8-20(22(14-18)30-3)32-16-24(28)26-10-5-11-27(13-12-26)25(29)17-33-21-9-7-19(2)15-23(21)31-4/h6-9,14-15H,5,10-13,16-17H2,1-4H3. The molecule has 0 unspecified atom stereocenters. The number of carbonyl (C=O) groups excluding carboxylic acids is 2. The zero-order valence-electron chi connectivity index (χ0n) is 19.8. The Labute approximate surface area is 195 Å². The molecule has 0 N–H and O–H groups in total. The maximum Gasteiger partial charge on any atom is 0.260 e. The van der Waals surface area contributed by atoms with Crippen molar-refractivity contribution in [3.8, 4) is 23.0 Å². The summed E-state index contributed by atoms with van der Waals surface area (Å²) in [4.78, 5) is 28.9. The van der Waals surface area contributed by atoms with Gasteiger partial charge in [0.05, 0.1) is 14.2 Å². The summed E-state index contributed by atoms with van der Waals surface area (Å²) in [5, 5.41) is 0. The molecule has 2 amide bonds. The van der Waals surface area contributed by atoms with Gasteiger partial charge in [-0.2, -0.15) is 0 Å². The van der Waals surface area contributed by atoms with E-state index in [1.54, 1.807) is 36.2 Å². The zero-order valence-corrected chi connectivity index (χ0v) is 19.8. The third kappa shape index (κ3) is 6.54. The fourth-order valence-corrected chi connectivity index (χ4v) is 3.67. The Kier molecular flexibility index (Phi) is 8.40. The molecular formula is C25H32N2O6. The van der Waals surface area contributed by atoms with Crippen LogP contribution in [0, 0.1) is 13.8 Å². The Morgan fingerprint density at radius 3 is 1.52 bits per heavy atom. The molecule has 33 heavy (non-hydrogen) atoms. The van der Waals surface area contributed by atoms with Crippen molar-refractivity contribution in [3.63, 3.8) is 0 Å². The van der Waals surface area contributed by atoms with E-state index in [-0.39, 0.29) is 25.0 Å². The van der Waals surface area contributed by atoms with Crippen molar-refractivity contribution in [3.05, 3.63) is 47.5 Å². The first-order chi connectivity index (χ1) is 15.9. The van der Waals surface area contributed by atoms with E-state index in [4.69, 9.17) is 18.9 Å². The maximum atomic E-state index is 12.7. The third-order valence-electron chi connectivity index (χ3n) is 5.54. The van der Waals surface area contributed by atoms with Gasteiger partial charge in [0.15, 0.2) is 36.2 Å². The lowest BCUT2D eigenvalue weighted by Gasteiger charge is -2.22. The molecule has 8 nitrogen and oxygen atoms in total. The second-order valence-corrected chi connectivity index (χ2v) is 8.00. The normalized spacial score (nSPS) is 13.8. The number of ether oxygens (including phenoxy) is 4. The molecule has 0 atom stereocenters. The van der Waals surface area contributed by atoms with E-state index in [1.165, 1.54) is 0 Å². The molecule has 1 aliphatic rings. The van der Waals surface area contributed by atoms with Crippen LogP contribution in [0.25, 0.3) is 0 Å². The van der Waals surface area contributed by atoms with E-state index in [0.29, 0.717) is 55.6 Å². The summed E-state index contributed by atoms with van der Waals surface area (Å²) in [5.41, 5.74) is 2.10. The number of benzene rings is 2. The van der Waals surface area contributed by atoms with Gasteiger partial charge in [-0.1, -0.05) is 12.1 Å². The van der Waals surface area contributed by atoms with Gasteiger partial charge in [-0.15, -0.1) is 0 Å². The number of carbonyl (C=O) groups is 2. The topological polar surface area (TPSA) is 77.5 Å². The summed E-state index contributed by atoms with van der Waals surface area (Å²) in [6.45, 7) is 5.81. The molecule has 0 aliphatic carbocycles. The van der Waals surface area contributed by atoms with Crippen LogP contribution in [0.5, 0.6) is 23.0 Å². The lowest BCUT2D eigenvalue weighted by Crippen LogP contribution is -2.40. The fourth-order valence-electron chi connectivity index (χ4n) is 3.67. The smallest absolute Gasteiger partial charge is 0.260 e. The van der Waals surface area contributed by atoms with Crippen LogP contribution in [0.1, 0.15) is 17.5 Å². The van der Waals surface area contributed by atoms with Crippen molar-refractivity contribution in [2.75, 3.05) is 53.6 Å². The zero-order chi connectivity index (χ0) is 23.8. The first kappa shape index (κ1) is 24.2. The molecule has 0 aromatic heterocycles. The number of methoxy groups -OCH3 is 2. The molecule has 178 valence electrons. The van der Waals surface area contributed by atoms with Crippen molar-refractivity contribution in [2.45, 2.75) is 20.3 Å². The highest BCUT2D eigenvalue weighted by Crippen LogP contribution is 2.28. The molecule has 1 saturated heterocycles. The van der Waals surface area contributed by atoms with Gasteiger partial charge < -0.3 is 28.7 Å². The molecule has 1 heterocycles. The summed E-state index contributed by atoms with van der Waals surface area (Å²) in [6.07, 6.45) is 0.694. The molecule has 0 saturated carbocycles. The van der Waals surface area contributed by atoms with Gasteiger partial charge in [-0.3, -0.25) is 9.59 Å². The Morgan fingerprint density at radius 1 is 0.697 bits per heavy atom. The number of amides is 2. The van der Waals surface area contributed by atoms with Crippen molar-refractivity contribution in [1.29, 1.82) is 0 Å². The van der Waals surface area contributed by atoms with Crippen LogP contribution in [0.15, 0.2) is 36.4 Å². The first-order valence-electron chi connectivity index (χ1n) is 11.0. The van der Waals surface area contributed by atoms with Gasteiger partial charge in [0.25, 0.3) is 11.8 Å². The monoisotopic (exact) mass is 456 g/mol. The molecule has 0 radical (unpaired) electrons. The molecular weight excluding hydrogens is 424 g/mol. The Hall–Kier alpha value is -3.42. The van der Waals surface area contributed by atoms with Crippen LogP contribution in [-0.2, 0) is 9.59 Å². The number of nitrogens with zero attached hydrogens (tertiary/aromatic N) is 2. The van der Waals surface area contributed by atoms with Crippen LogP contribution < -0.4 is 18.9 Å². The van der Waals surface area contributed by atoms with Crippen LogP contribution in [0.2, 0.25) is 0 Å². The highest BCUT2D eigenvalue weighted by atomic mass is 16.5. The second kappa shape index (κ2) is 11.4. The highest BCUT2D eigenvalue weighted by Gasteiger charge is 2.23. The Bertz CT molecular complexity index is 900. The van der Waals surface area contributed by atoms with Gasteiger partial charge in [0, 0.05) is 26.2 Å². The van der Waals surface area contributed by atoms with Crippen molar-refractivity contribution in [1.82, 2.24) is 9.80 Å². The SMILES string of the molecule is COc1cc(C)ccc1OCC(=O)N1CCCN(C(=O)COc2ccc(C)cc2OC)CC1. The predicted molar refractivity (Wildman–Crippen MR) is 124 cm³/mol. The number of hydrogen-bond donors (Lipinski definition) is 0. The minimum Gasteiger partial charge on any atom is -0.493 e. The number of hydrogen-bond acceptors (Lipinski definition) is 6. The second-order valence-electron chi connectivity index (χ2n) is 8.00. The van der Waals surface area contributed by atoms with Crippen LogP contribution in [0.4, 0.5) is 0 Å². The quantitative estimate of drug-likeness (QED) is 0.608. The molecule has 3 rings (SSSR count). The minimum absolute atomic E-state index is 0.0797. The average molecular weight is 457 g/mol. The average Bonchev–Trinajstić information content (AvgIpc) is 3.08. The van der Waals surface area contributed by atoms with Crippen LogP contribution in [-0.4, -0.2) is 75.2 Å². The molecule has 0 spiro atoms. The maximum absolute atomic E-state index is 12.7. The van der Waals surface area contributed by atoms with Gasteiger partial charge >= 0.3 is 0 Å². The summed E-state index contributed by atoms with van der Waals surface area (Å²) in [6, 6.07) is 11.1. The van der Waals surface area contributed by atoms with E-state index < -0.39 is 0 Å². The van der Waals surface area contributed by atoms with E-state index in [1.807, 2.05) is 38.1 Å². The third-order valence-corrected chi connectivity index (χ3v) is 5.54.